The maximum Gasteiger partial charge on any atom is 0.272 e. The van der Waals surface area contributed by atoms with Crippen LogP contribution in [-0.4, -0.2) is 19.2 Å². The van der Waals surface area contributed by atoms with Crippen LogP contribution < -0.4 is 0 Å². The molecule has 0 bridgehead atoms. The molecule has 0 radical (unpaired) electrons. The second-order valence-corrected chi connectivity index (χ2v) is 2.52. The molecule has 0 unspecified atom stereocenters. The van der Waals surface area contributed by atoms with Gasteiger partial charge in [0.1, 0.15) is 0 Å². The first-order valence-electron chi connectivity index (χ1n) is 3.81. The fourth-order valence-electron chi connectivity index (χ4n) is 0.573. The Kier molecular flexibility index (Phi) is 5.76. The summed E-state index contributed by atoms with van der Waals surface area (Å²) in [7, 11) is 0. The molecule has 0 aliphatic carbocycles. The monoisotopic (exact) mass is 189 g/mol. The molecule has 0 saturated carbocycles. The smallest absolute Gasteiger partial charge is 0.272 e. The van der Waals surface area contributed by atoms with Crippen molar-refractivity contribution in [2.45, 2.75) is 20.3 Å². The summed E-state index contributed by atoms with van der Waals surface area (Å²) in [4.78, 5) is 3.79. The molecule has 0 heterocycles. The predicted molar refractivity (Wildman–Crippen MR) is 49.0 cm³/mol. The van der Waals surface area contributed by atoms with Gasteiger partial charge >= 0.3 is 0 Å². The Balaban J connectivity index is 4.21. The van der Waals surface area contributed by atoms with E-state index < -0.39 is 13.0 Å². The van der Waals surface area contributed by atoms with Gasteiger partial charge < -0.3 is 4.74 Å². The van der Waals surface area contributed by atoms with E-state index in [0.717, 1.165) is 5.57 Å². The van der Waals surface area contributed by atoms with Gasteiger partial charge in [0.2, 0.25) is 5.88 Å². The molecular formula is C9H13F2NO. The number of hydrogen-bond donors (Lipinski definition) is 0. The van der Waals surface area contributed by atoms with Crippen molar-refractivity contribution in [1.29, 1.82) is 0 Å². The lowest BCUT2D eigenvalue weighted by Crippen LogP contribution is -2.04. The molecule has 2 nitrogen and oxygen atoms in total. The van der Waals surface area contributed by atoms with Crippen LogP contribution in [0, 0.1) is 0 Å². The van der Waals surface area contributed by atoms with Gasteiger partial charge in [-0.15, -0.1) is 0 Å². The lowest BCUT2D eigenvalue weighted by molar-refractivity contribution is 0.0473. The van der Waals surface area contributed by atoms with Gasteiger partial charge in [0.05, 0.1) is 0 Å². The van der Waals surface area contributed by atoms with Gasteiger partial charge in [0.15, 0.2) is 6.61 Å². The molecule has 4 heteroatoms. The van der Waals surface area contributed by atoms with Crippen molar-refractivity contribution in [2.24, 2.45) is 4.99 Å². The predicted octanol–water partition coefficient (Wildman–Crippen LogP) is 2.78. The van der Waals surface area contributed by atoms with E-state index in [1.54, 1.807) is 13.8 Å². The highest BCUT2D eigenvalue weighted by molar-refractivity contribution is 5.71. The van der Waals surface area contributed by atoms with E-state index >= 15 is 0 Å². The summed E-state index contributed by atoms with van der Waals surface area (Å²) in [6.45, 7) is 6.26. The van der Waals surface area contributed by atoms with E-state index in [9.17, 15) is 8.78 Å². The molecule has 0 aromatic rings. The Bertz CT molecular complexity index is 218. The fraction of sp³-hybridized carbons (Fsp3) is 0.444. The number of rotatable bonds is 5. The van der Waals surface area contributed by atoms with Crippen LogP contribution in [-0.2, 0) is 4.74 Å². The van der Waals surface area contributed by atoms with E-state index in [4.69, 9.17) is 4.74 Å². The van der Waals surface area contributed by atoms with Crippen LogP contribution in [0.1, 0.15) is 13.8 Å². The highest BCUT2D eigenvalue weighted by Crippen LogP contribution is 2.08. The third-order valence-corrected chi connectivity index (χ3v) is 1.07. The topological polar surface area (TPSA) is 21.6 Å². The summed E-state index contributed by atoms with van der Waals surface area (Å²) >= 11 is 0. The maximum atomic E-state index is 11.8. The quantitative estimate of drug-likeness (QED) is 0.481. The Morgan fingerprint density at radius 3 is 2.54 bits per heavy atom. The lowest BCUT2D eigenvalue weighted by Gasteiger charge is -2.06. The van der Waals surface area contributed by atoms with E-state index in [1.807, 2.05) is 0 Å². The Labute approximate surface area is 76.6 Å². The van der Waals surface area contributed by atoms with Crippen LogP contribution in [0.25, 0.3) is 0 Å². The van der Waals surface area contributed by atoms with Crippen molar-refractivity contribution >= 4 is 6.21 Å². The van der Waals surface area contributed by atoms with E-state index in [2.05, 4.69) is 11.6 Å². The SMILES string of the molecule is C=C/C=N\C(OCC(F)F)=C(C)C. The second kappa shape index (κ2) is 6.34. The normalized spacial score (nSPS) is 10.5. The van der Waals surface area contributed by atoms with Crippen LogP contribution in [0.2, 0.25) is 0 Å². The molecular weight excluding hydrogens is 176 g/mol. The van der Waals surface area contributed by atoms with E-state index in [0.29, 0.717) is 0 Å². The Morgan fingerprint density at radius 1 is 1.54 bits per heavy atom. The molecule has 0 aliphatic rings. The molecule has 0 fully saturated rings. The highest BCUT2D eigenvalue weighted by Gasteiger charge is 2.05. The van der Waals surface area contributed by atoms with Crippen molar-refractivity contribution in [2.75, 3.05) is 6.61 Å². The van der Waals surface area contributed by atoms with E-state index in [-0.39, 0.29) is 5.88 Å². The molecule has 74 valence electrons. The summed E-state index contributed by atoms with van der Waals surface area (Å²) in [6, 6.07) is 0. The van der Waals surface area contributed by atoms with Gasteiger partial charge in [-0.2, -0.15) is 0 Å². The molecule has 0 aromatic carbocycles. The first-order chi connectivity index (χ1) is 6.07. The molecule has 0 aromatic heterocycles. The van der Waals surface area contributed by atoms with Gasteiger partial charge in [-0.05, 0) is 19.4 Å². The summed E-state index contributed by atoms with van der Waals surface area (Å²) in [6.07, 6.45) is 0.371. The number of ether oxygens (including phenoxy) is 1. The highest BCUT2D eigenvalue weighted by atomic mass is 19.3. The number of nitrogens with zero attached hydrogens (tertiary/aromatic N) is 1. The molecule has 13 heavy (non-hydrogen) atoms. The lowest BCUT2D eigenvalue weighted by atomic mass is 10.4. The summed E-state index contributed by atoms with van der Waals surface area (Å²) in [5.41, 5.74) is 0.749. The van der Waals surface area contributed by atoms with Gasteiger partial charge in [0.25, 0.3) is 6.43 Å². The minimum absolute atomic E-state index is 0.222. The first kappa shape index (κ1) is 11.8. The largest absolute Gasteiger partial charge is 0.472 e. The number of allylic oxidation sites excluding steroid dienone is 2. The van der Waals surface area contributed by atoms with Crippen molar-refractivity contribution in [1.82, 2.24) is 0 Å². The fourth-order valence-corrected chi connectivity index (χ4v) is 0.573. The van der Waals surface area contributed by atoms with Gasteiger partial charge in [-0.25, -0.2) is 13.8 Å². The summed E-state index contributed by atoms with van der Waals surface area (Å²) in [5, 5.41) is 0. The average Bonchev–Trinajstić information content (AvgIpc) is 2.03. The first-order valence-corrected chi connectivity index (χ1v) is 3.81. The average molecular weight is 189 g/mol. The van der Waals surface area contributed by atoms with Crippen LogP contribution in [0.5, 0.6) is 0 Å². The van der Waals surface area contributed by atoms with Gasteiger partial charge in [-0.3, -0.25) is 0 Å². The maximum absolute atomic E-state index is 11.8. The van der Waals surface area contributed by atoms with Crippen LogP contribution >= 0.6 is 0 Å². The van der Waals surface area contributed by atoms with Crippen LogP contribution in [0.3, 0.4) is 0 Å². The summed E-state index contributed by atoms with van der Waals surface area (Å²) < 4.78 is 28.3. The molecule has 0 saturated heterocycles. The van der Waals surface area contributed by atoms with Crippen molar-refractivity contribution < 1.29 is 13.5 Å². The molecule has 0 N–H and O–H groups in total. The van der Waals surface area contributed by atoms with Crippen LogP contribution in [0.15, 0.2) is 29.1 Å². The Morgan fingerprint density at radius 2 is 2.15 bits per heavy atom. The number of halogens is 2. The van der Waals surface area contributed by atoms with Gasteiger partial charge in [0, 0.05) is 6.21 Å². The molecule has 0 spiro atoms. The zero-order chi connectivity index (χ0) is 10.3. The second-order valence-electron chi connectivity index (χ2n) is 2.52. The number of aliphatic imine (C=N–C) groups is 1. The minimum Gasteiger partial charge on any atom is -0.472 e. The zero-order valence-electron chi connectivity index (χ0n) is 7.76. The molecule has 0 aliphatic heterocycles. The van der Waals surface area contributed by atoms with Gasteiger partial charge in [-0.1, -0.05) is 12.7 Å². The zero-order valence-corrected chi connectivity index (χ0v) is 7.76. The number of hydrogen-bond acceptors (Lipinski definition) is 2. The molecule has 0 rings (SSSR count). The third-order valence-electron chi connectivity index (χ3n) is 1.07. The molecule has 0 atom stereocenters. The number of alkyl halides is 2. The van der Waals surface area contributed by atoms with Crippen molar-refractivity contribution in [3.8, 4) is 0 Å². The van der Waals surface area contributed by atoms with Crippen molar-refractivity contribution in [3.05, 3.63) is 24.1 Å². The van der Waals surface area contributed by atoms with E-state index in [1.165, 1.54) is 12.3 Å². The standard InChI is InChI=1S/C9H13F2NO/c1-4-5-12-9(7(2)3)13-6-8(10)11/h4-5,8H,1,6H2,2-3H3/b12-5-. The Hall–Kier alpha value is -1.19. The minimum atomic E-state index is -2.48. The summed E-state index contributed by atoms with van der Waals surface area (Å²) in [5.74, 6) is 0.222. The van der Waals surface area contributed by atoms with Crippen LogP contribution in [0.4, 0.5) is 8.78 Å². The molecule has 0 amide bonds. The third kappa shape index (κ3) is 6.02. The van der Waals surface area contributed by atoms with Crippen molar-refractivity contribution in [3.63, 3.8) is 0 Å².